The Morgan fingerprint density at radius 3 is 2.10 bits per heavy atom. The lowest BCUT2D eigenvalue weighted by Gasteiger charge is -2.20. The highest BCUT2D eigenvalue weighted by atomic mass is 35.5. The number of hydrogen-bond acceptors (Lipinski definition) is 3. The number of carbonyl (C=O) groups is 1. The van der Waals surface area contributed by atoms with E-state index in [2.05, 4.69) is 26.1 Å². The largest absolute Gasteiger partial charge is 0.484 e. The Hall–Kier alpha value is -1.26. The summed E-state index contributed by atoms with van der Waals surface area (Å²) in [6.45, 7) is 10.6. The molecular weight excluding hydrogens is 288 g/mol. The summed E-state index contributed by atoms with van der Waals surface area (Å²) in [5.41, 5.74) is 6.73. The number of ether oxygens (including phenoxy) is 1. The number of benzene rings is 1. The van der Waals surface area contributed by atoms with Crippen molar-refractivity contribution in [3.8, 4) is 5.75 Å². The summed E-state index contributed by atoms with van der Waals surface area (Å²) in [6.07, 6.45) is 0. The first-order valence-electron chi connectivity index (χ1n) is 6.87. The lowest BCUT2D eigenvalue weighted by Crippen LogP contribution is -2.46. The minimum Gasteiger partial charge on any atom is -0.484 e. The van der Waals surface area contributed by atoms with Crippen LogP contribution in [0, 0.1) is 0 Å². The van der Waals surface area contributed by atoms with Gasteiger partial charge in [0, 0.05) is 12.1 Å². The molecule has 5 heteroatoms. The zero-order chi connectivity index (χ0) is 15.4. The van der Waals surface area contributed by atoms with Crippen LogP contribution in [0.15, 0.2) is 24.3 Å². The normalized spacial score (nSPS) is 11.5. The first-order valence-corrected chi connectivity index (χ1v) is 6.87. The number of carbonyl (C=O) groups excluding carboxylic acids is 1. The highest BCUT2D eigenvalue weighted by Gasteiger charge is 2.14. The van der Waals surface area contributed by atoms with Crippen LogP contribution in [0.4, 0.5) is 0 Å². The second-order valence-electron chi connectivity index (χ2n) is 6.83. The number of halogens is 1. The van der Waals surface area contributed by atoms with Gasteiger partial charge in [-0.15, -0.1) is 12.4 Å². The molecule has 0 saturated carbocycles. The Morgan fingerprint density at radius 2 is 1.67 bits per heavy atom. The molecular formula is C16H27ClN2O2. The molecule has 0 aliphatic heterocycles. The predicted octanol–water partition coefficient (Wildman–Crippen LogP) is 2.64. The molecule has 0 saturated heterocycles. The quantitative estimate of drug-likeness (QED) is 0.878. The van der Waals surface area contributed by atoms with Gasteiger partial charge in [-0.2, -0.15) is 0 Å². The summed E-state index contributed by atoms with van der Waals surface area (Å²) in [5.74, 6) is 0.531. The zero-order valence-electron chi connectivity index (χ0n) is 13.5. The van der Waals surface area contributed by atoms with Gasteiger partial charge < -0.3 is 15.8 Å². The highest BCUT2D eigenvalue weighted by Crippen LogP contribution is 2.24. The average molecular weight is 315 g/mol. The highest BCUT2D eigenvalue weighted by molar-refractivity contribution is 5.85. The fraction of sp³-hybridized carbons (Fsp3) is 0.562. The SMILES string of the molecule is CC(C)(N)CNC(=O)COc1ccc(C(C)(C)C)cc1.Cl. The van der Waals surface area contributed by atoms with Gasteiger partial charge >= 0.3 is 0 Å². The third-order valence-corrected chi connectivity index (χ3v) is 2.83. The maximum atomic E-state index is 11.6. The number of nitrogens with one attached hydrogen (secondary N) is 1. The number of hydrogen-bond donors (Lipinski definition) is 2. The van der Waals surface area contributed by atoms with Crippen LogP contribution in [0.25, 0.3) is 0 Å². The summed E-state index contributed by atoms with van der Waals surface area (Å²) in [5, 5.41) is 2.74. The molecule has 0 bridgehead atoms. The van der Waals surface area contributed by atoms with Gasteiger partial charge in [0.2, 0.25) is 0 Å². The molecule has 0 fully saturated rings. The molecule has 1 amide bonds. The van der Waals surface area contributed by atoms with E-state index in [0.29, 0.717) is 12.3 Å². The lowest BCUT2D eigenvalue weighted by atomic mass is 9.87. The van der Waals surface area contributed by atoms with Gasteiger partial charge in [-0.25, -0.2) is 0 Å². The van der Waals surface area contributed by atoms with E-state index in [4.69, 9.17) is 10.5 Å². The van der Waals surface area contributed by atoms with E-state index < -0.39 is 5.54 Å². The Morgan fingerprint density at radius 1 is 1.14 bits per heavy atom. The molecule has 0 atom stereocenters. The molecule has 1 aromatic carbocycles. The summed E-state index contributed by atoms with van der Waals surface area (Å²) in [4.78, 5) is 11.6. The Balaban J connectivity index is 0.00000400. The second-order valence-corrected chi connectivity index (χ2v) is 6.83. The number of rotatable bonds is 5. The van der Waals surface area contributed by atoms with E-state index in [-0.39, 0.29) is 30.3 Å². The van der Waals surface area contributed by atoms with Crippen LogP contribution in [-0.4, -0.2) is 24.6 Å². The van der Waals surface area contributed by atoms with Crippen molar-refractivity contribution in [3.63, 3.8) is 0 Å². The van der Waals surface area contributed by atoms with Gasteiger partial charge in [-0.1, -0.05) is 32.9 Å². The van der Waals surface area contributed by atoms with Crippen molar-refractivity contribution in [1.29, 1.82) is 0 Å². The molecule has 0 heterocycles. The van der Waals surface area contributed by atoms with Gasteiger partial charge in [0.1, 0.15) is 5.75 Å². The van der Waals surface area contributed by atoms with Gasteiger partial charge in [0.25, 0.3) is 5.91 Å². The minimum absolute atomic E-state index is 0. The molecule has 0 aliphatic carbocycles. The number of amides is 1. The molecule has 0 radical (unpaired) electrons. The standard InChI is InChI=1S/C16H26N2O2.ClH/c1-15(2,3)12-6-8-13(9-7-12)20-10-14(19)18-11-16(4,5)17;/h6-9H,10-11,17H2,1-5H3,(H,18,19);1H. The van der Waals surface area contributed by atoms with Crippen LogP contribution in [0.1, 0.15) is 40.2 Å². The third kappa shape index (κ3) is 7.93. The Bertz CT molecular complexity index is 445. The summed E-state index contributed by atoms with van der Waals surface area (Å²) < 4.78 is 5.45. The molecule has 0 unspecified atom stereocenters. The lowest BCUT2D eigenvalue weighted by molar-refractivity contribution is -0.123. The molecule has 1 aromatic rings. The van der Waals surface area contributed by atoms with E-state index in [1.807, 2.05) is 38.1 Å². The van der Waals surface area contributed by atoms with Crippen molar-refractivity contribution in [2.24, 2.45) is 5.73 Å². The first kappa shape index (κ1) is 19.7. The van der Waals surface area contributed by atoms with E-state index >= 15 is 0 Å². The van der Waals surface area contributed by atoms with Crippen molar-refractivity contribution in [1.82, 2.24) is 5.32 Å². The first-order chi connectivity index (χ1) is 9.08. The molecule has 4 nitrogen and oxygen atoms in total. The fourth-order valence-electron chi connectivity index (χ4n) is 1.58. The summed E-state index contributed by atoms with van der Waals surface area (Å²) >= 11 is 0. The van der Waals surface area contributed by atoms with Crippen LogP contribution < -0.4 is 15.8 Å². The molecule has 0 aromatic heterocycles. The Labute approximate surface area is 133 Å². The van der Waals surface area contributed by atoms with Crippen molar-refractivity contribution in [2.75, 3.05) is 13.2 Å². The van der Waals surface area contributed by atoms with E-state index in [1.165, 1.54) is 5.56 Å². The van der Waals surface area contributed by atoms with Crippen molar-refractivity contribution in [2.45, 2.75) is 45.6 Å². The van der Waals surface area contributed by atoms with Crippen LogP contribution >= 0.6 is 12.4 Å². The third-order valence-electron chi connectivity index (χ3n) is 2.83. The summed E-state index contributed by atoms with van der Waals surface area (Å²) in [7, 11) is 0. The van der Waals surface area contributed by atoms with Gasteiger partial charge in [0.05, 0.1) is 0 Å². The Kier molecular flexibility index (Phi) is 7.20. The monoisotopic (exact) mass is 314 g/mol. The molecule has 1 rings (SSSR count). The molecule has 0 spiro atoms. The second kappa shape index (κ2) is 7.66. The van der Waals surface area contributed by atoms with Gasteiger partial charge in [-0.05, 0) is 37.0 Å². The van der Waals surface area contributed by atoms with E-state index in [0.717, 1.165) is 0 Å². The van der Waals surface area contributed by atoms with Crippen molar-refractivity contribution in [3.05, 3.63) is 29.8 Å². The fourth-order valence-corrected chi connectivity index (χ4v) is 1.58. The average Bonchev–Trinajstić information content (AvgIpc) is 2.32. The van der Waals surface area contributed by atoms with E-state index in [9.17, 15) is 4.79 Å². The topological polar surface area (TPSA) is 64.3 Å². The minimum atomic E-state index is -0.413. The zero-order valence-corrected chi connectivity index (χ0v) is 14.3. The van der Waals surface area contributed by atoms with Crippen LogP contribution in [0.5, 0.6) is 5.75 Å². The molecule has 120 valence electrons. The predicted molar refractivity (Wildman–Crippen MR) is 89.2 cm³/mol. The molecule has 21 heavy (non-hydrogen) atoms. The molecule has 3 N–H and O–H groups in total. The van der Waals surface area contributed by atoms with Gasteiger partial charge in [-0.3, -0.25) is 4.79 Å². The smallest absolute Gasteiger partial charge is 0.258 e. The van der Waals surface area contributed by atoms with Crippen molar-refractivity contribution >= 4 is 18.3 Å². The van der Waals surface area contributed by atoms with Crippen LogP contribution in [-0.2, 0) is 10.2 Å². The van der Waals surface area contributed by atoms with Crippen LogP contribution in [0.3, 0.4) is 0 Å². The maximum Gasteiger partial charge on any atom is 0.258 e. The maximum absolute atomic E-state index is 11.6. The summed E-state index contributed by atoms with van der Waals surface area (Å²) in [6, 6.07) is 7.83. The van der Waals surface area contributed by atoms with Gasteiger partial charge in [0.15, 0.2) is 6.61 Å². The van der Waals surface area contributed by atoms with E-state index in [1.54, 1.807) is 0 Å². The number of nitrogens with two attached hydrogens (primary N) is 1. The van der Waals surface area contributed by atoms with Crippen LogP contribution in [0.2, 0.25) is 0 Å². The molecule has 0 aliphatic rings. The van der Waals surface area contributed by atoms with Crippen molar-refractivity contribution < 1.29 is 9.53 Å².